The van der Waals surface area contributed by atoms with Crippen molar-refractivity contribution in [1.82, 2.24) is 9.13 Å². The third kappa shape index (κ3) is 4.05. The molecule has 8 aromatic rings. The second-order valence-electron chi connectivity index (χ2n) is 11.2. The zero-order valence-corrected chi connectivity index (χ0v) is 23.9. The Bertz CT molecular complexity index is 2210. The third-order valence-corrected chi connectivity index (χ3v) is 8.53. The lowest BCUT2D eigenvalue weighted by molar-refractivity contribution is 1.13. The van der Waals surface area contributed by atoms with Crippen molar-refractivity contribution in [1.29, 1.82) is 10.5 Å². The zero-order valence-electron chi connectivity index (χ0n) is 23.9. The van der Waals surface area contributed by atoms with Crippen molar-refractivity contribution in [3.05, 3.63) is 145 Å². The van der Waals surface area contributed by atoms with Crippen molar-refractivity contribution in [3.63, 3.8) is 0 Å². The average Bonchev–Trinajstić information content (AvgIpc) is 3.58. The molecule has 4 heteroatoms. The molecule has 2 heterocycles. The molecular weight excluding hydrogens is 536 g/mol. The molecule has 0 fully saturated rings. The minimum absolute atomic E-state index is 0.290. The molecule has 0 spiro atoms. The van der Waals surface area contributed by atoms with Gasteiger partial charge in [-0.1, -0.05) is 91.0 Å². The summed E-state index contributed by atoms with van der Waals surface area (Å²) in [5.41, 5.74) is 10.5. The number of para-hydroxylation sites is 4. The van der Waals surface area contributed by atoms with E-state index in [2.05, 4.69) is 149 Å². The standard InChI is InChI=1S/C40H26N4/c41-19-17-27-21-28(18-20-42)23-29(22-27)30-24-31(43-37-13-5-1-9-33(37)34-10-2-6-14-38(34)43)26-32(25-30)44-39-15-7-3-11-35(39)36-12-4-8-16-40(36)44/h1-16,21-26H,17-18H2. The van der Waals surface area contributed by atoms with Gasteiger partial charge in [0.1, 0.15) is 0 Å². The summed E-state index contributed by atoms with van der Waals surface area (Å²) in [6, 6.07) is 51.7. The van der Waals surface area contributed by atoms with Crippen molar-refractivity contribution in [2.24, 2.45) is 0 Å². The predicted octanol–water partition coefficient (Wildman–Crippen LogP) is 9.68. The fraction of sp³-hybridized carbons (Fsp3) is 0.0500. The monoisotopic (exact) mass is 562 g/mol. The fourth-order valence-corrected chi connectivity index (χ4v) is 6.74. The minimum Gasteiger partial charge on any atom is -0.309 e. The maximum Gasteiger partial charge on any atom is 0.0669 e. The van der Waals surface area contributed by atoms with Crippen LogP contribution in [0.4, 0.5) is 0 Å². The van der Waals surface area contributed by atoms with E-state index in [0.717, 1.165) is 55.7 Å². The number of benzene rings is 6. The fourth-order valence-electron chi connectivity index (χ4n) is 6.74. The maximum atomic E-state index is 9.52. The molecule has 0 bridgehead atoms. The predicted molar refractivity (Wildman–Crippen MR) is 179 cm³/mol. The minimum atomic E-state index is 0.290. The van der Waals surface area contributed by atoms with E-state index < -0.39 is 0 Å². The molecule has 0 unspecified atom stereocenters. The van der Waals surface area contributed by atoms with Crippen molar-refractivity contribution in [3.8, 4) is 34.6 Å². The van der Waals surface area contributed by atoms with Crippen LogP contribution in [0.25, 0.3) is 66.1 Å². The van der Waals surface area contributed by atoms with E-state index in [1.807, 2.05) is 6.07 Å². The van der Waals surface area contributed by atoms with Crippen LogP contribution in [0.15, 0.2) is 133 Å². The van der Waals surface area contributed by atoms with Crippen LogP contribution >= 0.6 is 0 Å². The smallest absolute Gasteiger partial charge is 0.0669 e. The number of fused-ring (bicyclic) bond motifs is 6. The molecule has 8 rings (SSSR count). The number of rotatable bonds is 5. The molecule has 0 amide bonds. The molecule has 0 N–H and O–H groups in total. The largest absolute Gasteiger partial charge is 0.309 e. The number of nitriles is 2. The summed E-state index contributed by atoms with van der Waals surface area (Å²) in [6.45, 7) is 0. The molecule has 0 atom stereocenters. The van der Waals surface area contributed by atoms with E-state index in [0.29, 0.717) is 12.8 Å². The molecule has 0 radical (unpaired) electrons. The van der Waals surface area contributed by atoms with Gasteiger partial charge in [0.2, 0.25) is 0 Å². The molecule has 6 aromatic carbocycles. The van der Waals surface area contributed by atoms with Crippen LogP contribution in [0, 0.1) is 22.7 Å². The van der Waals surface area contributed by atoms with Gasteiger partial charge in [-0.2, -0.15) is 10.5 Å². The van der Waals surface area contributed by atoms with Crippen LogP contribution in [0.1, 0.15) is 11.1 Å². The van der Waals surface area contributed by atoms with Gasteiger partial charge in [-0.05, 0) is 64.7 Å². The molecule has 0 saturated carbocycles. The summed E-state index contributed by atoms with van der Waals surface area (Å²) in [7, 11) is 0. The van der Waals surface area contributed by atoms with Crippen LogP contribution in [-0.2, 0) is 12.8 Å². The Morgan fingerprint density at radius 3 is 1.11 bits per heavy atom. The SMILES string of the molecule is N#CCc1cc(CC#N)cc(-c2cc(-n3c4ccccc4c4ccccc43)cc(-n3c4ccccc4c4ccccc43)c2)c1. The Labute approximate surface area is 254 Å². The lowest BCUT2D eigenvalue weighted by Crippen LogP contribution is -2.00. The molecule has 0 saturated heterocycles. The van der Waals surface area contributed by atoms with Crippen molar-refractivity contribution >= 4 is 43.6 Å². The normalized spacial score (nSPS) is 11.3. The van der Waals surface area contributed by atoms with Crippen LogP contribution in [0.3, 0.4) is 0 Å². The Morgan fingerprint density at radius 2 is 0.750 bits per heavy atom. The van der Waals surface area contributed by atoms with Crippen LogP contribution in [0.2, 0.25) is 0 Å². The quantitative estimate of drug-likeness (QED) is 0.210. The molecule has 2 aromatic heterocycles. The van der Waals surface area contributed by atoms with Crippen molar-refractivity contribution < 1.29 is 0 Å². The summed E-state index contributed by atoms with van der Waals surface area (Å²) in [6.07, 6.45) is 0.580. The summed E-state index contributed by atoms with van der Waals surface area (Å²) in [5, 5.41) is 23.9. The molecule has 0 aliphatic heterocycles. The van der Waals surface area contributed by atoms with Gasteiger partial charge in [-0.15, -0.1) is 0 Å². The molecule has 4 nitrogen and oxygen atoms in total. The van der Waals surface area contributed by atoms with E-state index in [1.54, 1.807) is 0 Å². The van der Waals surface area contributed by atoms with Gasteiger partial charge in [-0.25, -0.2) is 0 Å². The highest BCUT2D eigenvalue weighted by Crippen LogP contribution is 2.38. The molecule has 0 aliphatic rings. The van der Waals surface area contributed by atoms with Gasteiger partial charge in [-0.3, -0.25) is 0 Å². The summed E-state index contributed by atoms with van der Waals surface area (Å²) in [5.74, 6) is 0. The highest BCUT2D eigenvalue weighted by atomic mass is 15.0. The van der Waals surface area contributed by atoms with Crippen LogP contribution in [0.5, 0.6) is 0 Å². The second kappa shape index (κ2) is 10.3. The van der Waals surface area contributed by atoms with Crippen molar-refractivity contribution in [2.75, 3.05) is 0 Å². The highest BCUT2D eigenvalue weighted by Gasteiger charge is 2.17. The summed E-state index contributed by atoms with van der Waals surface area (Å²) < 4.78 is 4.70. The topological polar surface area (TPSA) is 57.4 Å². The van der Waals surface area contributed by atoms with Gasteiger partial charge < -0.3 is 9.13 Å². The molecule has 44 heavy (non-hydrogen) atoms. The van der Waals surface area contributed by atoms with E-state index in [4.69, 9.17) is 0 Å². The van der Waals surface area contributed by atoms with Crippen LogP contribution in [-0.4, -0.2) is 9.13 Å². The average molecular weight is 563 g/mol. The van der Waals surface area contributed by atoms with E-state index in [1.165, 1.54) is 21.5 Å². The zero-order chi connectivity index (χ0) is 29.6. The third-order valence-electron chi connectivity index (χ3n) is 8.53. The number of aromatic nitrogens is 2. The molecule has 206 valence electrons. The second-order valence-corrected chi connectivity index (χ2v) is 11.2. The van der Waals surface area contributed by atoms with Crippen LogP contribution < -0.4 is 0 Å². The summed E-state index contributed by atoms with van der Waals surface area (Å²) in [4.78, 5) is 0. The number of nitrogens with zero attached hydrogens (tertiary/aromatic N) is 4. The number of hydrogen-bond donors (Lipinski definition) is 0. The number of hydrogen-bond acceptors (Lipinski definition) is 2. The first-order valence-electron chi connectivity index (χ1n) is 14.7. The Balaban J connectivity index is 1.49. The lowest BCUT2D eigenvalue weighted by Gasteiger charge is -2.16. The first-order chi connectivity index (χ1) is 21.7. The van der Waals surface area contributed by atoms with E-state index >= 15 is 0 Å². The first kappa shape index (κ1) is 25.6. The van der Waals surface area contributed by atoms with E-state index in [-0.39, 0.29) is 0 Å². The van der Waals surface area contributed by atoms with Gasteiger partial charge >= 0.3 is 0 Å². The van der Waals surface area contributed by atoms with Gasteiger partial charge in [0.05, 0.1) is 47.0 Å². The summed E-state index contributed by atoms with van der Waals surface area (Å²) >= 11 is 0. The Hall–Kier alpha value is -6.10. The Kier molecular flexibility index (Phi) is 6.00. The lowest BCUT2D eigenvalue weighted by atomic mass is 9.96. The highest BCUT2D eigenvalue weighted by molar-refractivity contribution is 6.10. The van der Waals surface area contributed by atoms with Crippen molar-refractivity contribution in [2.45, 2.75) is 12.8 Å². The first-order valence-corrected chi connectivity index (χ1v) is 14.7. The van der Waals surface area contributed by atoms with Gasteiger partial charge in [0.15, 0.2) is 0 Å². The van der Waals surface area contributed by atoms with Gasteiger partial charge in [0.25, 0.3) is 0 Å². The Morgan fingerprint density at radius 1 is 0.409 bits per heavy atom. The maximum absolute atomic E-state index is 9.52. The van der Waals surface area contributed by atoms with Gasteiger partial charge in [0, 0.05) is 32.9 Å². The molecular formula is C40H26N4. The van der Waals surface area contributed by atoms with E-state index in [9.17, 15) is 10.5 Å². The molecule has 0 aliphatic carbocycles.